The number of fused-ring (bicyclic) bond motifs is 1. The van der Waals surface area contributed by atoms with Gasteiger partial charge in [-0.05, 0) is 46.0 Å². The lowest BCUT2D eigenvalue weighted by Crippen LogP contribution is -2.45. The molecule has 1 atom stereocenters. The SMILES string of the molecule is Cc1nc2c(n1CCC(C)(N)C(=O)O)CCCC2. The molecule has 0 radical (unpaired) electrons. The summed E-state index contributed by atoms with van der Waals surface area (Å²) >= 11 is 0. The van der Waals surface area contributed by atoms with Crippen molar-refractivity contribution in [1.82, 2.24) is 9.55 Å². The monoisotopic (exact) mass is 251 g/mol. The van der Waals surface area contributed by atoms with Crippen molar-refractivity contribution in [3.05, 3.63) is 17.2 Å². The first-order chi connectivity index (χ1) is 8.42. The summed E-state index contributed by atoms with van der Waals surface area (Å²) in [4.78, 5) is 15.6. The minimum absolute atomic E-state index is 0.423. The van der Waals surface area contributed by atoms with Crippen molar-refractivity contribution in [2.75, 3.05) is 0 Å². The van der Waals surface area contributed by atoms with Gasteiger partial charge in [-0.25, -0.2) is 4.98 Å². The Morgan fingerprint density at radius 3 is 2.83 bits per heavy atom. The van der Waals surface area contributed by atoms with Gasteiger partial charge in [-0.15, -0.1) is 0 Å². The molecule has 1 aromatic rings. The number of hydrogen-bond acceptors (Lipinski definition) is 3. The van der Waals surface area contributed by atoms with Gasteiger partial charge in [-0.1, -0.05) is 0 Å². The molecule has 1 aromatic heterocycles. The highest BCUT2D eigenvalue weighted by Crippen LogP contribution is 2.23. The molecule has 3 N–H and O–H groups in total. The number of carboxylic acids is 1. The average molecular weight is 251 g/mol. The Morgan fingerprint density at radius 2 is 2.17 bits per heavy atom. The Balaban J connectivity index is 2.15. The highest BCUT2D eigenvalue weighted by molar-refractivity contribution is 5.77. The van der Waals surface area contributed by atoms with E-state index >= 15 is 0 Å². The molecular formula is C13H21N3O2. The minimum Gasteiger partial charge on any atom is -0.480 e. The molecule has 1 aliphatic carbocycles. The Hall–Kier alpha value is -1.36. The molecule has 0 amide bonds. The van der Waals surface area contributed by atoms with Crippen molar-refractivity contribution in [3.63, 3.8) is 0 Å². The molecule has 1 heterocycles. The topological polar surface area (TPSA) is 81.1 Å². The van der Waals surface area contributed by atoms with Crippen molar-refractivity contribution in [2.24, 2.45) is 5.73 Å². The number of hydrogen-bond donors (Lipinski definition) is 2. The second kappa shape index (κ2) is 4.72. The van der Waals surface area contributed by atoms with Gasteiger partial charge in [0.1, 0.15) is 11.4 Å². The molecule has 1 aliphatic rings. The van der Waals surface area contributed by atoms with Crippen molar-refractivity contribution >= 4 is 5.97 Å². The molecule has 0 saturated heterocycles. The average Bonchev–Trinajstić information content (AvgIpc) is 2.62. The molecule has 0 bridgehead atoms. The molecule has 0 aliphatic heterocycles. The van der Waals surface area contributed by atoms with E-state index in [1.54, 1.807) is 6.92 Å². The largest absolute Gasteiger partial charge is 0.480 e. The summed E-state index contributed by atoms with van der Waals surface area (Å²) in [5.74, 6) is 0.0252. The smallest absolute Gasteiger partial charge is 0.323 e. The lowest BCUT2D eigenvalue weighted by Gasteiger charge is -2.21. The normalized spacial score (nSPS) is 18.2. The molecule has 1 unspecified atom stereocenters. The molecule has 0 spiro atoms. The van der Waals surface area contributed by atoms with Gasteiger partial charge in [0.05, 0.1) is 5.69 Å². The Kier molecular flexibility index (Phi) is 3.43. The fraction of sp³-hybridized carbons (Fsp3) is 0.692. The molecule has 0 fully saturated rings. The Morgan fingerprint density at radius 1 is 1.50 bits per heavy atom. The van der Waals surface area contributed by atoms with E-state index in [4.69, 9.17) is 10.8 Å². The van der Waals surface area contributed by atoms with E-state index in [-0.39, 0.29) is 0 Å². The number of aliphatic carboxylic acids is 1. The maximum atomic E-state index is 11.0. The summed E-state index contributed by atoms with van der Waals surface area (Å²) < 4.78 is 2.14. The maximum Gasteiger partial charge on any atom is 0.323 e. The van der Waals surface area contributed by atoms with Crippen LogP contribution in [0, 0.1) is 6.92 Å². The van der Waals surface area contributed by atoms with Crippen LogP contribution in [0.3, 0.4) is 0 Å². The summed E-state index contributed by atoms with van der Waals surface area (Å²) in [7, 11) is 0. The second-order valence-electron chi connectivity index (χ2n) is 5.38. The van der Waals surface area contributed by atoms with E-state index in [0.29, 0.717) is 13.0 Å². The number of nitrogens with zero attached hydrogens (tertiary/aromatic N) is 2. The van der Waals surface area contributed by atoms with E-state index in [1.165, 1.54) is 24.2 Å². The van der Waals surface area contributed by atoms with Gasteiger partial charge in [0.2, 0.25) is 0 Å². The molecule has 5 heteroatoms. The lowest BCUT2D eigenvalue weighted by atomic mass is 9.98. The third-order valence-electron chi connectivity index (χ3n) is 3.77. The van der Waals surface area contributed by atoms with E-state index < -0.39 is 11.5 Å². The fourth-order valence-corrected chi connectivity index (χ4v) is 2.48. The van der Waals surface area contributed by atoms with Crippen molar-refractivity contribution in [1.29, 1.82) is 0 Å². The fourth-order valence-electron chi connectivity index (χ4n) is 2.48. The second-order valence-corrected chi connectivity index (χ2v) is 5.38. The number of aryl methyl sites for hydroxylation is 2. The van der Waals surface area contributed by atoms with Crippen LogP contribution in [0.5, 0.6) is 0 Å². The third kappa shape index (κ3) is 2.41. The van der Waals surface area contributed by atoms with E-state index in [0.717, 1.165) is 18.7 Å². The molecule has 0 saturated carbocycles. The maximum absolute atomic E-state index is 11.0. The van der Waals surface area contributed by atoms with Gasteiger partial charge >= 0.3 is 5.97 Å². The highest BCUT2D eigenvalue weighted by atomic mass is 16.4. The summed E-state index contributed by atoms with van der Waals surface area (Å²) in [6.07, 6.45) is 4.91. The van der Waals surface area contributed by atoms with Crippen molar-refractivity contribution < 1.29 is 9.90 Å². The number of carboxylic acid groups (broad SMARTS) is 1. The van der Waals surface area contributed by atoms with Crippen LogP contribution in [0.1, 0.15) is 43.4 Å². The van der Waals surface area contributed by atoms with Crippen LogP contribution in [-0.2, 0) is 24.2 Å². The first kappa shape index (κ1) is 13.1. The molecule has 18 heavy (non-hydrogen) atoms. The Labute approximate surface area is 107 Å². The molecule has 2 rings (SSSR count). The van der Waals surface area contributed by atoms with Gasteiger partial charge < -0.3 is 15.4 Å². The van der Waals surface area contributed by atoms with Crippen LogP contribution in [-0.4, -0.2) is 26.2 Å². The van der Waals surface area contributed by atoms with E-state index in [9.17, 15) is 4.79 Å². The molecule has 100 valence electrons. The summed E-state index contributed by atoms with van der Waals surface area (Å²) in [5, 5.41) is 9.03. The van der Waals surface area contributed by atoms with Crippen LogP contribution in [0.4, 0.5) is 0 Å². The van der Waals surface area contributed by atoms with E-state index in [2.05, 4.69) is 9.55 Å². The van der Waals surface area contributed by atoms with Crippen LogP contribution >= 0.6 is 0 Å². The van der Waals surface area contributed by atoms with Crippen LogP contribution in [0.15, 0.2) is 0 Å². The molecular weight excluding hydrogens is 230 g/mol. The standard InChI is InChI=1S/C13H21N3O2/c1-9-15-10-5-3-4-6-11(10)16(9)8-7-13(2,14)12(17)18/h3-8,14H2,1-2H3,(H,17,18). The highest BCUT2D eigenvalue weighted by Gasteiger charge is 2.28. The van der Waals surface area contributed by atoms with Crippen LogP contribution in [0.2, 0.25) is 0 Å². The quantitative estimate of drug-likeness (QED) is 0.844. The molecule has 5 nitrogen and oxygen atoms in total. The zero-order valence-corrected chi connectivity index (χ0v) is 11.1. The van der Waals surface area contributed by atoms with Crippen LogP contribution in [0.25, 0.3) is 0 Å². The summed E-state index contributed by atoms with van der Waals surface area (Å²) in [6, 6.07) is 0. The van der Waals surface area contributed by atoms with Crippen molar-refractivity contribution in [3.8, 4) is 0 Å². The first-order valence-corrected chi connectivity index (χ1v) is 6.49. The summed E-state index contributed by atoms with van der Waals surface area (Å²) in [6.45, 7) is 4.18. The minimum atomic E-state index is -1.17. The van der Waals surface area contributed by atoms with Gasteiger partial charge in [-0.2, -0.15) is 0 Å². The number of rotatable bonds is 4. The lowest BCUT2D eigenvalue weighted by molar-refractivity contribution is -0.143. The zero-order chi connectivity index (χ0) is 13.3. The van der Waals surface area contributed by atoms with Crippen molar-refractivity contribution in [2.45, 2.75) is 58.0 Å². The molecule has 0 aromatic carbocycles. The van der Waals surface area contributed by atoms with Crippen LogP contribution < -0.4 is 5.73 Å². The van der Waals surface area contributed by atoms with Gasteiger partial charge in [-0.3, -0.25) is 4.79 Å². The Bertz CT molecular complexity index is 463. The van der Waals surface area contributed by atoms with Gasteiger partial charge in [0.15, 0.2) is 0 Å². The zero-order valence-electron chi connectivity index (χ0n) is 11.1. The number of nitrogens with two attached hydrogens (primary N) is 1. The first-order valence-electron chi connectivity index (χ1n) is 6.49. The third-order valence-corrected chi connectivity index (χ3v) is 3.77. The van der Waals surface area contributed by atoms with E-state index in [1.807, 2.05) is 6.92 Å². The summed E-state index contributed by atoms with van der Waals surface area (Å²) in [5.41, 5.74) is 7.07. The predicted octanol–water partition coefficient (Wildman–Crippen LogP) is 1.26. The van der Waals surface area contributed by atoms with Gasteiger partial charge in [0, 0.05) is 12.2 Å². The predicted molar refractivity (Wildman–Crippen MR) is 68.5 cm³/mol. The number of imidazole rings is 1. The number of carbonyl (C=O) groups is 1. The number of aromatic nitrogens is 2. The van der Waals surface area contributed by atoms with Gasteiger partial charge in [0.25, 0.3) is 0 Å².